The molecular weight excluding hydrogens is 232 g/mol. The van der Waals surface area contributed by atoms with E-state index in [-0.39, 0.29) is 0 Å². The van der Waals surface area contributed by atoms with Crippen LogP contribution in [-0.2, 0) is 4.79 Å². The number of hydrogen-bond donors (Lipinski definition) is 0. The lowest BCUT2D eigenvalue weighted by atomic mass is 9.53. The van der Waals surface area contributed by atoms with Crippen LogP contribution in [0, 0.1) is 29.1 Å². The molecule has 0 amide bonds. The Kier molecular flexibility index (Phi) is 2.69. The molecule has 0 unspecified atom stereocenters. The standard InChI is InChI=1S/C18H26O/c1-18-9-2-3-17(18)16-6-4-12-11-13(19)5-7-14(12)15(16)8-10-18/h4,14-17H,2-3,5-11H2,1H3/t14-,15+,16+,17-,18-/m0/s1. The number of carbonyl (C=O) groups is 1. The van der Waals surface area contributed by atoms with Gasteiger partial charge in [0, 0.05) is 12.8 Å². The van der Waals surface area contributed by atoms with Crippen molar-refractivity contribution in [2.24, 2.45) is 29.1 Å². The van der Waals surface area contributed by atoms with Crippen molar-refractivity contribution in [1.29, 1.82) is 0 Å². The molecule has 4 rings (SSSR count). The zero-order valence-corrected chi connectivity index (χ0v) is 12.2. The molecule has 1 heteroatoms. The lowest BCUT2D eigenvalue weighted by molar-refractivity contribution is -0.120. The van der Waals surface area contributed by atoms with Gasteiger partial charge in [-0.25, -0.2) is 0 Å². The molecule has 0 N–H and O–H groups in total. The van der Waals surface area contributed by atoms with Gasteiger partial charge in [0.2, 0.25) is 0 Å². The van der Waals surface area contributed by atoms with Crippen molar-refractivity contribution >= 4 is 5.78 Å². The topological polar surface area (TPSA) is 17.1 Å². The number of fused-ring (bicyclic) bond motifs is 5. The first kappa shape index (κ1) is 12.2. The summed E-state index contributed by atoms with van der Waals surface area (Å²) >= 11 is 0. The van der Waals surface area contributed by atoms with Crippen LogP contribution in [0.15, 0.2) is 11.6 Å². The highest BCUT2D eigenvalue weighted by Crippen LogP contribution is 2.61. The first-order valence-electron chi connectivity index (χ1n) is 8.38. The van der Waals surface area contributed by atoms with Crippen LogP contribution in [0.1, 0.15) is 64.7 Å². The van der Waals surface area contributed by atoms with Crippen molar-refractivity contribution in [1.82, 2.24) is 0 Å². The van der Waals surface area contributed by atoms with Gasteiger partial charge in [-0.2, -0.15) is 0 Å². The molecule has 4 aliphatic rings. The minimum atomic E-state index is 0.488. The van der Waals surface area contributed by atoms with Crippen molar-refractivity contribution in [3.05, 3.63) is 11.6 Å². The highest BCUT2D eigenvalue weighted by Gasteiger charge is 2.51. The van der Waals surface area contributed by atoms with E-state index < -0.39 is 0 Å². The van der Waals surface area contributed by atoms with E-state index in [0.29, 0.717) is 11.2 Å². The molecule has 0 heterocycles. The second kappa shape index (κ2) is 4.20. The van der Waals surface area contributed by atoms with Gasteiger partial charge in [0.05, 0.1) is 0 Å². The minimum Gasteiger partial charge on any atom is -0.299 e. The van der Waals surface area contributed by atoms with Crippen LogP contribution < -0.4 is 0 Å². The van der Waals surface area contributed by atoms with Gasteiger partial charge >= 0.3 is 0 Å². The monoisotopic (exact) mass is 258 g/mol. The predicted octanol–water partition coefficient (Wildman–Crippen LogP) is 4.52. The molecule has 0 spiro atoms. The van der Waals surface area contributed by atoms with E-state index in [1.807, 2.05) is 0 Å². The Labute approximate surface area is 116 Å². The van der Waals surface area contributed by atoms with Gasteiger partial charge in [0.15, 0.2) is 0 Å². The maximum Gasteiger partial charge on any atom is 0.136 e. The van der Waals surface area contributed by atoms with Crippen LogP contribution in [0.4, 0.5) is 0 Å². The van der Waals surface area contributed by atoms with Crippen molar-refractivity contribution in [3.63, 3.8) is 0 Å². The molecule has 0 bridgehead atoms. The lowest BCUT2D eigenvalue weighted by Crippen LogP contribution is -2.44. The molecule has 0 saturated heterocycles. The van der Waals surface area contributed by atoms with Crippen molar-refractivity contribution < 1.29 is 4.79 Å². The van der Waals surface area contributed by atoms with E-state index >= 15 is 0 Å². The van der Waals surface area contributed by atoms with Gasteiger partial charge in [0.25, 0.3) is 0 Å². The molecule has 0 aromatic rings. The smallest absolute Gasteiger partial charge is 0.136 e. The number of carbonyl (C=O) groups excluding carboxylic acids is 1. The summed E-state index contributed by atoms with van der Waals surface area (Å²) in [6.45, 7) is 2.56. The van der Waals surface area contributed by atoms with Crippen LogP contribution in [0.5, 0.6) is 0 Å². The summed E-state index contributed by atoms with van der Waals surface area (Å²) in [6.07, 6.45) is 13.9. The third kappa shape index (κ3) is 1.76. The fourth-order valence-electron chi connectivity index (χ4n) is 6.10. The minimum absolute atomic E-state index is 0.488. The van der Waals surface area contributed by atoms with E-state index in [0.717, 1.165) is 42.9 Å². The van der Waals surface area contributed by atoms with Crippen molar-refractivity contribution in [2.45, 2.75) is 64.7 Å². The van der Waals surface area contributed by atoms with E-state index in [1.54, 1.807) is 0 Å². The predicted molar refractivity (Wildman–Crippen MR) is 76.7 cm³/mol. The molecule has 0 aliphatic heterocycles. The zero-order valence-electron chi connectivity index (χ0n) is 12.2. The van der Waals surface area contributed by atoms with Crippen LogP contribution in [0.25, 0.3) is 0 Å². The van der Waals surface area contributed by atoms with Gasteiger partial charge < -0.3 is 0 Å². The Hall–Kier alpha value is -0.590. The fourth-order valence-corrected chi connectivity index (χ4v) is 6.10. The number of ketones is 1. The highest BCUT2D eigenvalue weighted by atomic mass is 16.1. The molecule has 0 radical (unpaired) electrons. The van der Waals surface area contributed by atoms with E-state index in [1.165, 1.54) is 44.1 Å². The largest absolute Gasteiger partial charge is 0.299 e. The molecule has 5 atom stereocenters. The van der Waals surface area contributed by atoms with Crippen molar-refractivity contribution in [2.75, 3.05) is 0 Å². The number of rotatable bonds is 0. The Morgan fingerprint density at radius 2 is 2.05 bits per heavy atom. The lowest BCUT2D eigenvalue weighted by Gasteiger charge is -2.52. The van der Waals surface area contributed by atoms with Gasteiger partial charge in [0.1, 0.15) is 5.78 Å². The average molecular weight is 258 g/mol. The first-order valence-corrected chi connectivity index (χ1v) is 8.38. The molecule has 19 heavy (non-hydrogen) atoms. The maximum absolute atomic E-state index is 11.7. The van der Waals surface area contributed by atoms with Gasteiger partial charge in [-0.1, -0.05) is 25.0 Å². The Balaban J connectivity index is 1.63. The molecule has 3 fully saturated rings. The number of allylic oxidation sites excluding steroid dienone is 2. The quantitative estimate of drug-likeness (QED) is 0.584. The maximum atomic E-state index is 11.7. The molecule has 104 valence electrons. The normalized spacial score (nSPS) is 49.1. The number of Topliss-reactive ketones (excluding diaryl/α,β-unsaturated/α-hetero) is 1. The summed E-state index contributed by atoms with van der Waals surface area (Å²) in [7, 11) is 0. The third-order valence-electron chi connectivity index (χ3n) is 7.05. The third-order valence-corrected chi connectivity index (χ3v) is 7.05. The summed E-state index contributed by atoms with van der Waals surface area (Å²) < 4.78 is 0. The van der Waals surface area contributed by atoms with Crippen molar-refractivity contribution in [3.8, 4) is 0 Å². The Bertz CT molecular complexity index is 435. The van der Waals surface area contributed by atoms with E-state index in [2.05, 4.69) is 13.0 Å². The van der Waals surface area contributed by atoms with E-state index in [9.17, 15) is 4.79 Å². The summed E-state index contributed by atoms with van der Waals surface area (Å²) in [5.74, 6) is 4.12. The van der Waals surface area contributed by atoms with Gasteiger partial charge in [-0.15, -0.1) is 0 Å². The summed E-state index contributed by atoms with van der Waals surface area (Å²) in [6, 6.07) is 0. The Morgan fingerprint density at radius 3 is 2.95 bits per heavy atom. The molecule has 0 aromatic heterocycles. The van der Waals surface area contributed by atoms with Gasteiger partial charge in [-0.3, -0.25) is 4.79 Å². The van der Waals surface area contributed by atoms with Crippen LogP contribution in [-0.4, -0.2) is 5.78 Å². The summed E-state index contributed by atoms with van der Waals surface area (Å²) in [5.41, 5.74) is 2.19. The van der Waals surface area contributed by atoms with Crippen LogP contribution in [0.2, 0.25) is 0 Å². The number of hydrogen-bond acceptors (Lipinski definition) is 1. The van der Waals surface area contributed by atoms with Crippen LogP contribution in [0.3, 0.4) is 0 Å². The molecule has 1 nitrogen and oxygen atoms in total. The van der Waals surface area contributed by atoms with E-state index in [4.69, 9.17) is 0 Å². The SMILES string of the molecule is C[C@@]12CCC[C@H]1[C@@H]1CC=C3CC(=O)CC[C@@H]3[C@H]1CC2. The second-order valence-corrected chi connectivity index (χ2v) is 7.89. The zero-order chi connectivity index (χ0) is 13.0. The molecule has 4 aliphatic carbocycles. The fraction of sp³-hybridized carbons (Fsp3) is 0.833. The summed E-state index contributed by atoms with van der Waals surface area (Å²) in [5, 5.41) is 0. The first-order chi connectivity index (χ1) is 9.17. The van der Waals surface area contributed by atoms with Gasteiger partial charge in [-0.05, 0) is 67.6 Å². The molecule has 0 aromatic carbocycles. The van der Waals surface area contributed by atoms with Crippen LogP contribution >= 0.6 is 0 Å². The molecular formula is C18H26O. The summed E-state index contributed by atoms with van der Waals surface area (Å²) in [4.78, 5) is 11.7. The highest BCUT2D eigenvalue weighted by molar-refractivity contribution is 5.82. The average Bonchev–Trinajstić information content (AvgIpc) is 2.79. The molecule has 3 saturated carbocycles. The Morgan fingerprint density at radius 1 is 1.16 bits per heavy atom. The second-order valence-electron chi connectivity index (χ2n) is 7.89.